The fourth-order valence-electron chi connectivity index (χ4n) is 1.15. The molecule has 0 bridgehead atoms. The Bertz CT molecular complexity index is 224. The molecule has 1 amide bonds. The van der Waals surface area contributed by atoms with Gasteiger partial charge in [0.2, 0.25) is 5.91 Å². The largest absolute Gasteiger partial charge is 0.354 e. The third-order valence-corrected chi connectivity index (χ3v) is 2.22. The zero-order valence-electron chi connectivity index (χ0n) is 10.1. The minimum Gasteiger partial charge on any atom is -0.354 e. The molecule has 0 spiro atoms. The van der Waals surface area contributed by atoms with E-state index in [9.17, 15) is 9.59 Å². The molecule has 0 fully saturated rings. The lowest BCUT2D eigenvalue weighted by atomic mass is 10.1. The van der Waals surface area contributed by atoms with Crippen LogP contribution in [0.25, 0.3) is 0 Å². The van der Waals surface area contributed by atoms with E-state index in [0.717, 1.165) is 6.54 Å². The van der Waals surface area contributed by atoms with Gasteiger partial charge in [-0.3, -0.25) is 9.59 Å². The van der Waals surface area contributed by atoms with E-state index in [1.54, 1.807) is 0 Å². The summed E-state index contributed by atoms with van der Waals surface area (Å²) in [7, 11) is 0. The van der Waals surface area contributed by atoms with Gasteiger partial charge in [0.1, 0.15) is 5.78 Å². The van der Waals surface area contributed by atoms with E-state index in [1.165, 1.54) is 0 Å². The monoisotopic (exact) mass is 218 g/mol. The highest BCUT2D eigenvalue weighted by atomic mass is 16.2. The number of carbonyl (C=O) groups is 2. The molecule has 0 unspecified atom stereocenters. The number of rotatable bonds is 7. The highest BCUT2D eigenvalue weighted by molar-refractivity contribution is 5.83. The summed E-state index contributed by atoms with van der Waals surface area (Å²) < 4.78 is 0. The highest BCUT2D eigenvalue weighted by Gasteiger charge is 2.11. The maximum atomic E-state index is 11.4. The van der Waals surface area contributed by atoms with Crippen LogP contribution < -0.4 is 10.6 Å². The lowest BCUT2D eigenvalue weighted by molar-refractivity contribution is -0.123. The summed E-state index contributed by atoms with van der Waals surface area (Å²) in [5.74, 6) is 0.188. The average Bonchev–Trinajstić information content (AvgIpc) is 2.17. The van der Waals surface area contributed by atoms with Gasteiger partial charge in [0, 0.05) is 21.7 Å². The Labute approximate surface area is 94.8 Å². The highest BCUT2D eigenvalue weighted by Crippen LogP contribution is 1.97. The Hall–Kier alpha value is -0.900. The number of amides is 1. The summed E-state index contributed by atoms with van der Waals surface area (Å²) in [5, 5.41) is 5.74. The molecule has 0 saturated heterocycles. The lowest BCUT2D eigenvalue weighted by Gasteiger charge is -2.12. The number of Topliss-reactive ketones (excluding diaryl/α,β-unsaturated/α-hetero) is 1. The molecule has 0 saturated carbocycles. The first kappa shape index (κ1) is 14.1. The molecule has 92 valence electrons. The molecular formula is C11H26N2O2. The Morgan fingerprint density at radius 2 is 1.87 bits per heavy atom. The molecule has 4 heteroatoms. The molecule has 0 radical (unpaired) electrons. The zero-order chi connectivity index (χ0) is 11.8. The number of hydrogen-bond acceptors (Lipinski definition) is 3. The second-order valence-corrected chi connectivity index (χ2v) is 3.94. The predicted molar refractivity (Wildman–Crippen MR) is 64.8 cm³/mol. The summed E-state index contributed by atoms with van der Waals surface area (Å²) in [6, 6.07) is -0.191. The third kappa shape index (κ3) is 6.23. The maximum Gasteiger partial charge on any atom is 0.236 e. The number of ketones is 1. The zero-order valence-corrected chi connectivity index (χ0v) is 10.1. The van der Waals surface area contributed by atoms with Crippen molar-refractivity contribution in [1.82, 2.24) is 10.6 Å². The fourth-order valence-corrected chi connectivity index (χ4v) is 1.15. The number of nitrogens with one attached hydrogen (secondary N) is 2. The summed E-state index contributed by atoms with van der Waals surface area (Å²) in [5.41, 5.74) is 0. The van der Waals surface area contributed by atoms with E-state index >= 15 is 0 Å². The van der Waals surface area contributed by atoms with Crippen LogP contribution in [0, 0.1) is 5.92 Å². The average molecular weight is 218 g/mol. The Balaban J connectivity index is -0.000000980. The van der Waals surface area contributed by atoms with Crippen LogP contribution in [0.3, 0.4) is 0 Å². The molecule has 0 aliphatic carbocycles. The van der Waals surface area contributed by atoms with Crippen LogP contribution in [0.2, 0.25) is 0 Å². The molecule has 0 aromatic carbocycles. The van der Waals surface area contributed by atoms with Gasteiger partial charge in [-0.05, 0) is 13.5 Å². The molecule has 0 rings (SSSR count). The minimum absolute atomic E-state index is 0. The van der Waals surface area contributed by atoms with Crippen LogP contribution >= 0.6 is 0 Å². The fraction of sp³-hybridized carbons (Fsp3) is 0.818. The molecule has 0 aliphatic heterocycles. The van der Waals surface area contributed by atoms with Crippen molar-refractivity contribution in [2.45, 2.75) is 40.2 Å². The van der Waals surface area contributed by atoms with E-state index in [4.69, 9.17) is 0 Å². The van der Waals surface area contributed by atoms with E-state index < -0.39 is 0 Å². The molecule has 15 heavy (non-hydrogen) atoms. The van der Waals surface area contributed by atoms with Crippen LogP contribution in [0.1, 0.15) is 37.0 Å². The van der Waals surface area contributed by atoms with Gasteiger partial charge in [-0.1, -0.05) is 20.8 Å². The van der Waals surface area contributed by atoms with Gasteiger partial charge in [-0.15, -0.1) is 0 Å². The predicted octanol–water partition coefficient (Wildman–Crippen LogP) is 1.21. The summed E-state index contributed by atoms with van der Waals surface area (Å²) >= 11 is 0. The van der Waals surface area contributed by atoms with Crippen molar-refractivity contribution < 1.29 is 12.4 Å². The van der Waals surface area contributed by atoms with Crippen molar-refractivity contribution >= 4 is 11.7 Å². The first-order valence-corrected chi connectivity index (χ1v) is 5.52. The van der Waals surface area contributed by atoms with Gasteiger partial charge in [0.05, 0.1) is 6.04 Å². The van der Waals surface area contributed by atoms with E-state index in [1.807, 2.05) is 27.7 Å². The van der Waals surface area contributed by atoms with Crippen LogP contribution in [0.4, 0.5) is 0 Å². The van der Waals surface area contributed by atoms with Crippen LogP contribution in [0.15, 0.2) is 0 Å². The van der Waals surface area contributed by atoms with Crippen molar-refractivity contribution in [1.29, 1.82) is 0 Å². The second kappa shape index (κ2) is 7.40. The van der Waals surface area contributed by atoms with Gasteiger partial charge in [-0.2, -0.15) is 0 Å². The van der Waals surface area contributed by atoms with Crippen molar-refractivity contribution in [3.8, 4) is 0 Å². The summed E-state index contributed by atoms with van der Waals surface area (Å²) in [6.07, 6.45) is 0.419. The Morgan fingerprint density at radius 1 is 1.27 bits per heavy atom. The first-order chi connectivity index (χ1) is 6.99. The van der Waals surface area contributed by atoms with Crippen molar-refractivity contribution in [3.63, 3.8) is 0 Å². The molecule has 4 nitrogen and oxygen atoms in total. The molecular weight excluding hydrogens is 192 g/mol. The van der Waals surface area contributed by atoms with Gasteiger partial charge >= 0.3 is 0 Å². The van der Waals surface area contributed by atoms with Crippen molar-refractivity contribution in [3.05, 3.63) is 0 Å². The van der Waals surface area contributed by atoms with Gasteiger partial charge in [-0.25, -0.2) is 0 Å². The van der Waals surface area contributed by atoms with Gasteiger partial charge in [0.25, 0.3) is 0 Å². The maximum absolute atomic E-state index is 11.4. The number of hydrogen-bond donors (Lipinski definition) is 2. The summed E-state index contributed by atoms with van der Waals surface area (Å²) in [6.45, 7) is 8.69. The van der Waals surface area contributed by atoms with Crippen LogP contribution in [-0.2, 0) is 9.59 Å². The molecule has 0 heterocycles. The van der Waals surface area contributed by atoms with Gasteiger partial charge in [0.15, 0.2) is 0 Å². The molecule has 0 aliphatic rings. The third-order valence-electron chi connectivity index (χ3n) is 2.22. The van der Waals surface area contributed by atoms with Crippen LogP contribution in [0.5, 0.6) is 0 Å². The Morgan fingerprint density at radius 3 is 2.33 bits per heavy atom. The van der Waals surface area contributed by atoms with Crippen LogP contribution in [-0.4, -0.2) is 30.8 Å². The minimum atomic E-state index is -0.191. The topological polar surface area (TPSA) is 58.2 Å². The number of likely N-dealkylation sites (N-methyl/N-ethyl adjacent to an activating group) is 1. The number of carbonyl (C=O) groups excluding carboxylic acids is 2. The second-order valence-electron chi connectivity index (χ2n) is 3.94. The van der Waals surface area contributed by atoms with E-state index in [0.29, 0.717) is 13.0 Å². The van der Waals surface area contributed by atoms with E-state index in [2.05, 4.69) is 10.6 Å². The smallest absolute Gasteiger partial charge is 0.236 e. The quantitative estimate of drug-likeness (QED) is 0.675. The van der Waals surface area contributed by atoms with Crippen molar-refractivity contribution in [2.75, 3.05) is 13.1 Å². The Kier molecular flexibility index (Phi) is 6.96. The van der Waals surface area contributed by atoms with Gasteiger partial charge < -0.3 is 10.6 Å². The standard InChI is InChI=1S/C11H22N2O2.2H2/c1-5-12-9(4)11(15)13-7-6-10(14)8(2)3;;/h8-9,12H,5-7H2,1-4H3,(H,13,15);2*1H/t9-;;/m0../s1. The lowest BCUT2D eigenvalue weighted by Crippen LogP contribution is -2.42. The molecule has 0 aromatic heterocycles. The van der Waals surface area contributed by atoms with E-state index in [-0.39, 0.29) is 26.5 Å². The first-order valence-electron chi connectivity index (χ1n) is 5.52. The summed E-state index contributed by atoms with van der Waals surface area (Å²) in [4.78, 5) is 22.7. The van der Waals surface area contributed by atoms with Crippen molar-refractivity contribution in [2.24, 2.45) is 5.92 Å². The molecule has 2 N–H and O–H groups in total. The molecule has 0 aromatic rings. The normalized spacial score (nSPS) is 12.6. The SMILES string of the molecule is CCN[C@@H](C)C(=O)NCCC(=O)C(C)C.[HH].[HH]. The molecule has 1 atom stereocenters.